The fraction of sp³-hybridized carbons (Fsp3) is 0.0909. The van der Waals surface area contributed by atoms with E-state index < -0.39 is 0 Å². The highest BCUT2D eigenvalue weighted by Crippen LogP contribution is 2.30. The van der Waals surface area contributed by atoms with Gasteiger partial charge in [0.1, 0.15) is 0 Å². The Morgan fingerprint density at radius 2 is 2.12 bits per heavy atom. The van der Waals surface area contributed by atoms with Gasteiger partial charge in [-0.05, 0) is 23.6 Å². The fourth-order valence-corrected chi connectivity index (χ4v) is 3.03. The molecule has 0 aliphatic heterocycles. The maximum Gasteiger partial charge on any atom is 0.191 e. The third-order valence-corrected chi connectivity index (χ3v) is 4.13. The van der Waals surface area contributed by atoms with E-state index in [1.54, 1.807) is 16.0 Å². The van der Waals surface area contributed by atoms with Crippen LogP contribution in [0, 0.1) is 0 Å². The predicted octanol–water partition coefficient (Wildman–Crippen LogP) is 2.85. The predicted molar refractivity (Wildman–Crippen MR) is 72.0 cm³/mol. The van der Waals surface area contributed by atoms with Crippen molar-refractivity contribution in [3.8, 4) is 21.4 Å². The minimum absolute atomic E-state index is 0.768. The summed E-state index contributed by atoms with van der Waals surface area (Å²) in [6.45, 7) is 0. The van der Waals surface area contributed by atoms with Crippen molar-refractivity contribution in [1.29, 1.82) is 0 Å². The number of nitrogens with zero attached hydrogens (tertiary/aromatic N) is 3. The molecule has 0 unspecified atom stereocenters. The van der Waals surface area contributed by atoms with Crippen LogP contribution in [0.1, 0.15) is 0 Å². The van der Waals surface area contributed by atoms with Crippen molar-refractivity contribution in [1.82, 2.24) is 14.8 Å². The maximum atomic E-state index is 5.73. The SMILES string of the molecule is Cn1nc(-c2cccs2)nc1-c1ccc(N)s1. The lowest BCUT2D eigenvalue weighted by atomic mass is 10.4. The summed E-state index contributed by atoms with van der Waals surface area (Å²) in [6.07, 6.45) is 0. The summed E-state index contributed by atoms with van der Waals surface area (Å²) in [5, 5.41) is 7.24. The Labute approximate surface area is 106 Å². The number of rotatable bonds is 2. The Morgan fingerprint density at radius 3 is 2.76 bits per heavy atom. The van der Waals surface area contributed by atoms with Crippen molar-refractivity contribution in [2.75, 3.05) is 5.73 Å². The van der Waals surface area contributed by atoms with E-state index in [9.17, 15) is 0 Å². The first-order valence-corrected chi connectivity index (χ1v) is 6.74. The van der Waals surface area contributed by atoms with Crippen LogP contribution in [-0.4, -0.2) is 14.8 Å². The van der Waals surface area contributed by atoms with Crippen LogP contribution in [0.15, 0.2) is 29.6 Å². The van der Waals surface area contributed by atoms with Gasteiger partial charge in [-0.2, -0.15) is 0 Å². The number of nitrogens with two attached hydrogens (primary N) is 1. The van der Waals surface area contributed by atoms with Crippen LogP contribution in [0.2, 0.25) is 0 Å². The number of aromatic nitrogens is 3. The summed E-state index contributed by atoms with van der Waals surface area (Å²) in [4.78, 5) is 6.67. The Bertz CT molecular complexity index is 636. The van der Waals surface area contributed by atoms with Gasteiger partial charge in [0.25, 0.3) is 0 Å². The topological polar surface area (TPSA) is 56.7 Å². The molecule has 3 aromatic heterocycles. The molecule has 0 radical (unpaired) electrons. The summed E-state index contributed by atoms with van der Waals surface area (Å²) >= 11 is 3.16. The molecule has 0 aromatic carbocycles. The lowest BCUT2D eigenvalue weighted by Crippen LogP contribution is -1.92. The van der Waals surface area contributed by atoms with Crippen LogP contribution in [0.25, 0.3) is 21.4 Å². The highest BCUT2D eigenvalue weighted by Gasteiger charge is 2.12. The molecular formula is C11H10N4S2. The van der Waals surface area contributed by atoms with E-state index in [1.165, 1.54) is 11.3 Å². The summed E-state index contributed by atoms with van der Waals surface area (Å²) in [5.74, 6) is 1.62. The van der Waals surface area contributed by atoms with Crippen molar-refractivity contribution in [3.05, 3.63) is 29.6 Å². The largest absolute Gasteiger partial charge is 0.391 e. The number of thiophene rings is 2. The highest BCUT2D eigenvalue weighted by molar-refractivity contribution is 7.19. The van der Waals surface area contributed by atoms with Crippen LogP contribution in [0.4, 0.5) is 5.00 Å². The number of hydrogen-bond donors (Lipinski definition) is 1. The number of nitrogen functional groups attached to an aromatic ring is 1. The Morgan fingerprint density at radius 1 is 1.24 bits per heavy atom. The van der Waals surface area contributed by atoms with E-state index >= 15 is 0 Å². The zero-order valence-corrected chi connectivity index (χ0v) is 10.8. The lowest BCUT2D eigenvalue weighted by molar-refractivity contribution is 0.779. The van der Waals surface area contributed by atoms with Gasteiger partial charge in [0.15, 0.2) is 11.6 Å². The average Bonchev–Trinajstić information content (AvgIpc) is 2.97. The van der Waals surface area contributed by atoms with E-state index in [2.05, 4.69) is 10.1 Å². The van der Waals surface area contributed by atoms with Gasteiger partial charge in [0.2, 0.25) is 0 Å². The minimum atomic E-state index is 0.768. The Kier molecular flexibility index (Phi) is 2.45. The van der Waals surface area contributed by atoms with Gasteiger partial charge in [0, 0.05) is 7.05 Å². The van der Waals surface area contributed by atoms with Crippen molar-refractivity contribution >= 4 is 27.7 Å². The van der Waals surface area contributed by atoms with Gasteiger partial charge in [0.05, 0.1) is 14.8 Å². The third-order valence-electron chi connectivity index (χ3n) is 2.35. The van der Waals surface area contributed by atoms with Crippen molar-refractivity contribution in [3.63, 3.8) is 0 Å². The zero-order chi connectivity index (χ0) is 11.8. The molecular weight excluding hydrogens is 252 g/mol. The molecule has 0 spiro atoms. The van der Waals surface area contributed by atoms with Crippen LogP contribution in [0.3, 0.4) is 0 Å². The quantitative estimate of drug-likeness (QED) is 0.772. The maximum absolute atomic E-state index is 5.73. The molecule has 0 fully saturated rings. The van der Waals surface area contributed by atoms with Gasteiger partial charge in [-0.15, -0.1) is 27.8 Å². The van der Waals surface area contributed by atoms with E-state index in [-0.39, 0.29) is 0 Å². The fourth-order valence-electron chi connectivity index (χ4n) is 1.58. The zero-order valence-electron chi connectivity index (χ0n) is 9.12. The second kappa shape index (κ2) is 3.97. The van der Waals surface area contributed by atoms with E-state index in [0.717, 1.165) is 26.4 Å². The van der Waals surface area contributed by atoms with Gasteiger partial charge >= 0.3 is 0 Å². The second-order valence-electron chi connectivity index (χ2n) is 3.56. The van der Waals surface area contributed by atoms with Gasteiger partial charge < -0.3 is 5.73 Å². The number of anilines is 1. The monoisotopic (exact) mass is 262 g/mol. The van der Waals surface area contributed by atoms with Crippen LogP contribution in [-0.2, 0) is 7.05 Å². The van der Waals surface area contributed by atoms with E-state index in [1.807, 2.05) is 36.7 Å². The molecule has 0 amide bonds. The average molecular weight is 262 g/mol. The normalized spacial score (nSPS) is 10.9. The molecule has 3 aromatic rings. The van der Waals surface area contributed by atoms with Gasteiger partial charge in [-0.25, -0.2) is 9.67 Å². The molecule has 3 rings (SSSR count). The van der Waals surface area contributed by atoms with Crippen LogP contribution < -0.4 is 5.73 Å². The standard InChI is InChI=1S/C11H10N4S2/c1-15-11(8-4-5-9(12)17-8)13-10(14-15)7-3-2-6-16-7/h2-6H,12H2,1H3. The molecule has 0 aliphatic rings. The first-order valence-electron chi connectivity index (χ1n) is 5.04. The summed E-state index contributed by atoms with van der Waals surface area (Å²) in [5.41, 5.74) is 5.73. The van der Waals surface area contributed by atoms with E-state index in [4.69, 9.17) is 5.73 Å². The summed E-state index contributed by atoms with van der Waals surface area (Å²) in [6, 6.07) is 7.88. The lowest BCUT2D eigenvalue weighted by Gasteiger charge is -1.93. The number of aryl methyl sites for hydroxylation is 1. The molecule has 17 heavy (non-hydrogen) atoms. The van der Waals surface area contributed by atoms with Crippen molar-refractivity contribution < 1.29 is 0 Å². The number of hydrogen-bond acceptors (Lipinski definition) is 5. The first kappa shape index (κ1) is 10.5. The van der Waals surface area contributed by atoms with Crippen molar-refractivity contribution in [2.45, 2.75) is 0 Å². The molecule has 3 heterocycles. The van der Waals surface area contributed by atoms with Crippen molar-refractivity contribution in [2.24, 2.45) is 7.05 Å². The molecule has 0 aliphatic carbocycles. The molecule has 0 saturated heterocycles. The Hall–Kier alpha value is -1.66. The first-order chi connectivity index (χ1) is 8.24. The molecule has 4 nitrogen and oxygen atoms in total. The summed E-state index contributed by atoms with van der Waals surface area (Å²) < 4.78 is 1.79. The molecule has 0 saturated carbocycles. The Balaban J connectivity index is 2.07. The highest BCUT2D eigenvalue weighted by atomic mass is 32.1. The molecule has 2 N–H and O–H groups in total. The molecule has 6 heteroatoms. The van der Waals surface area contributed by atoms with Gasteiger partial charge in [-0.1, -0.05) is 6.07 Å². The van der Waals surface area contributed by atoms with Gasteiger partial charge in [-0.3, -0.25) is 0 Å². The smallest absolute Gasteiger partial charge is 0.191 e. The molecule has 86 valence electrons. The molecule has 0 bridgehead atoms. The second-order valence-corrected chi connectivity index (χ2v) is 5.62. The minimum Gasteiger partial charge on any atom is -0.391 e. The van der Waals surface area contributed by atoms with Crippen LogP contribution in [0.5, 0.6) is 0 Å². The molecule has 0 atom stereocenters. The third kappa shape index (κ3) is 1.85. The van der Waals surface area contributed by atoms with Crippen LogP contribution >= 0.6 is 22.7 Å². The summed E-state index contributed by atoms with van der Waals surface area (Å²) in [7, 11) is 1.90. The van der Waals surface area contributed by atoms with E-state index in [0.29, 0.717) is 0 Å².